The molecule has 2 aromatic rings. The Morgan fingerprint density at radius 2 is 1.88 bits per heavy atom. The van der Waals surface area contributed by atoms with E-state index in [1.54, 1.807) is 12.1 Å². The number of rotatable bonds is 7. The number of likely N-dealkylation sites (tertiary alicyclic amines) is 1. The highest BCUT2D eigenvalue weighted by atomic mass is 16.6. The number of piperidine rings is 1. The van der Waals surface area contributed by atoms with Crippen molar-refractivity contribution in [1.29, 1.82) is 0 Å². The summed E-state index contributed by atoms with van der Waals surface area (Å²) in [6.45, 7) is 3.06. The van der Waals surface area contributed by atoms with E-state index in [4.69, 9.17) is 23.4 Å². The minimum atomic E-state index is -0.795. The fourth-order valence-corrected chi connectivity index (χ4v) is 4.31. The van der Waals surface area contributed by atoms with Gasteiger partial charge in [0.05, 0.1) is 33.1 Å². The van der Waals surface area contributed by atoms with Crippen LogP contribution < -0.4 is 19.6 Å². The van der Waals surface area contributed by atoms with Crippen LogP contribution in [0.3, 0.4) is 0 Å². The Hall–Kier alpha value is -3.20. The molecular formula is C24H29NO8. The molecule has 0 aliphatic carbocycles. The van der Waals surface area contributed by atoms with Gasteiger partial charge in [0.15, 0.2) is 17.3 Å². The minimum Gasteiger partial charge on any atom is -0.502 e. The van der Waals surface area contributed by atoms with Crippen LogP contribution in [-0.4, -0.2) is 56.5 Å². The summed E-state index contributed by atoms with van der Waals surface area (Å²) in [5.74, 6) is -0.0459. The number of fused-ring (bicyclic) bond motifs is 1. The summed E-state index contributed by atoms with van der Waals surface area (Å²) >= 11 is 0. The lowest BCUT2D eigenvalue weighted by Crippen LogP contribution is -2.29. The van der Waals surface area contributed by atoms with E-state index in [0.717, 1.165) is 25.9 Å². The van der Waals surface area contributed by atoms with Gasteiger partial charge in [-0.25, -0.2) is 0 Å². The van der Waals surface area contributed by atoms with Crippen LogP contribution in [0.2, 0.25) is 0 Å². The van der Waals surface area contributed by atoms with Crippen LogP contribution >= 0.6 is 0 Å². The van der Waals surface area contributed by atoms with E-state index in [0.29, 0.717) is 48.3 Å². The van der Waals surface area contributed by atoms with Crippen molar-refractivity contribution in [1.82, 2.24) is 4.90 Å². The molecule has 1 atom stereocenters. The molecule has 1 aromatic heterocycles. The molecule has 0 radical (unpaired) electrons. The normalized spacial score (nSPS) is 16.8. The second kappa shape index (κ2) is 10.2. The molecular weight excluding hydrogens is 430 g/mol. The summed E-state index contributed by atoms with van der Waals surface area (Å²) in [5.41, 5.74) is 0.0118. The second-order valence-electron chi connectivity index (χ2n) is 8.21. The summed E-state index contributed by atoms with van der Waals surface area (Å²) in [4.78, 5) is 27.1. The second-order valence-corrected chi connectivity index (χ2v) is 8.21. The third-order valence-electron chi connectivity index (χ3n) is 6.00. The largest absolute Gasteiger partial charge is 0.502 e. The summed E-state index contributed by atoms with van der Waals surface area (Å²) < 4.78 is 27.8. The van der Waals surface area contributed by atoms with E-state index >= 15 is 0 Å². The zero-order chi connectivity index (χ0) is 23.4. The maximum atomic E-state index is 12.6. The molecule has 9 heteroatoms. The van der Waals surface area contributed by atoms with Gasteiger partial charge in [-0.1, -0.05) is 6.42 Å². The van der Waals surface area contributed by atoms with Crippen LogP contribution in [0, 0.1) is 0 Å². The molecule has 33 heavy (non-hydrogen) atoms. The summed E-state index contributed by atoms with van der Waals surface area (Å²) in [5, 5.41) is 10.7. The zero-order valence-corrected chi connectivity index (χ0v) is 18.9. The molecule has 1 aromatic carbocycles. The van der Waals surface area contributed by atoms with Crippen LogP contribution in [0.4, 0.5) is 0 Å². The number of carbonyl (C=O) groups excluding carboxylic acids is 1. The Morgan fingerprint density at radius 1 is 1.12 bits per heavy atom. The molecule has 0 saturated carbocycles. The number of benzene rings is 1. The number of hydrogen-bond donors (Lipinski definition) is 1. The molecule has 4 rings (SSSR count). The average molecular weight is 459 g/mol. The number of carbonyl (C=O) groups is 1. The highest BCUT2D eigenvalue weighted by Gasteiger charge is 2.30. The van der Waals surface area contributed by atoms with Crippen molar-refractivity contribution in [3.05, 3.63) is 45.5 Å². The maximum Gasteiger partial charge on any atom is 0.306 e. The quantitative estimate of drug-likeness (QED) is 0.625. The number of esters is 1. The predicted octanol–water partition coefficient (Wildman–Crippen LogP) is 2.81. The predicted molar refractivity (Wildman–Crippen MR) is 118 cm³/mol. The lowest BCUT2D eigenvalue weighted by molar-refractivity contribution is -0.140. The molecule has 1 saturated heterocycles. The van der Waals surface area contributed by atoms with Crippen LogP contribution in [-0.2, 0) is 16.1 Å². The molecule has 1 fully saturated rings. The standard InChI is InChI=1S/C24H29NO8/c1-29-19-10-15(11-20-24(19)32-9-8-31-20)17(13-21(27)30-2)23-22(28)18(26)12-16(33-23)14-25-6-4-3-5-7-25/h10-12,17,28H,3-9,13-14H2,1-2H3/t17-/m1/s1. The van der Waals surface area contributed by atoms with Crippen LogP contribution in [0.25, 0.3) is 0 Å². The average Bonchev–Trinajstić information content (AvgIpc) is 2.84. The Labute approximate surface area is 191 Å². The summed E-state index contributed by atoms with van der Waals surface area (Å²) in [6.07, 6.45) is 3.23. The first-order chi connectivity index (χ1) is 16.0. The minimum absolute atomic E-state index is 0.0126. The van der Waals surface area contributed by atoms with Gasteiger partial charge in [0, 0.05) is 6.07 Å². The first-order valence-corrected chi connectivity index (χ1v) is 11.1. The van der Waals surface area contributed by atoms with Crippen molar-refractivity contribution in [2.24, 2.45) is 0 Å². The Morgan fingerprint density at radius 3 is 2.61 bits per heavy atom. The fraction of sp³-hybridized carbons (Fsp3) is 0.500. The van der Waals surface area contributed by atoms with E-state index in [1.165, 1.54) is 26.7 Å². The van der Waals surface area contributed by atoms with Gasteiger partial charge in [-0.3, -0.25) is 14.5 Å². The van der Waals surface area contributed by atoms with Crippen LogP contribution in [0.15, 0.2) is 27.4 Å². The van der Waals surface area contributed by atoms with E-state index in [2.05, 4.69) is 4.90 Å². The lowest BCUT2D eigenvalue weighted by atomic mass is 9.91. The number of hydrogen-bond acceptors (Lipinski definition) is 9. The van der Waals surface area contributed by atoms with Gasteiger partial charge >= 0.3 is 5.97 Å². The lowest BCUT2D eigenvalue weighted by Gasteiger charge is -2.26. The molecule has 9 nitrogen and oxygen atoms in total. The van der Waals surface area contributed by atoms with Crippen molar-refractivity contribution < 1.29 is 33.3 Å². The number of ether oxygens (including phenoxy) is 4. The van der Waals surface area contributed by atoms with Gasteiger partial charge in [0.2, 0.25) is 16.9 Å². The highest BCUT2D eigenvalue weighted by molar-refractivity contribution is 5.71. The van der Waals surface area contributed by atoms with E-state index < -0.39 is 23.1 Å². The highest BCUT2D eigenvalue weighted by Crippen LogP contribution is 2.44. The van der Waals surface area contributed by atoms with Gasteiger partial charge < -0.3 is 28.5 Å². The Bertz CT molecular complexity index is 1040. The van der Waals surface area contributed by atoms with Crippen LogP contribution in [0.1, 0.15) is 48.7 Å². The van der Waals surface area contributed by atoms with Gasteiger partial charge in [-0.2, -0.15) is 0 Å². The molecule has 0 bridgehead atoms. The molecule has 2 aliphatic heterocycles. The first-order valence-electron chi connectivity index (χ1n) is 11.1. The van der Waals surface area contributed by atoms with Gasteiger partial charge in [0.25, 0.3) is 0 Å². The van der Waals surface area contributed by atoms with Crippen LogP contribution in [0.5, 0.6) is 23.0 Å². The number of methoxy groups -OCH3 is 2. The molecule has 178 valence electrons. The molecule has 1 N–H and O–H groups in total. The first kappa shape index (κ1) is 23.0. The van der Waals surface area contributed by atoms with Gasteiger partial charge in [0.1, 0.15) is 19.0 Å². The van der Waals surface area contributed by atoms with Crippen molar-refractivity contribution in [3.63, 3.8) is 0 Å². The third-order valence-corrected chi connectivity index (χ3v) is 6.00. The Kier molecular flexibility index (Phi) is 7.08. The van der Waals surface area contributed by atoms with Gasteiger partial charge in [-0.15, -0.1) is 0 Å². The van der Waals surface area contributed by atoms with E-state index in [1.807, 2.05) is 0 Å². The molecule has 2 aliphatic rings. The smallest absolute Gasteiger partial charge is 0.306 e. The van der Waals surface area contributed by atoms with Crippen molar-refractivity contribution in [2.45, 2.75) is 38.1 Å². The third kappa shape index (κ3) is 5.08. The molecule has 0 amide bonds. The SMILES string of the molecule is COC(=O)C[C@H](c1cc(OC)c2c(c1)OCCO2)c1oc(CN2CCCCC2)cc(=O)c1O. The molecule has 3 heterocycles. The fourth-order valence-electron chi connectivity index (χ4n) is 4.31. The number of aromatic hydroxyl groups is 1. The van der Waals surface area contributed by atoms with E-state index in [9.17, 15) is 14.7 Å². The summed E-state index contributed by atoms with van der Waals surface area (Å²) in [7, 11) is 2.79. The van der Waals surface area contributed by atoms with Crippen molar-refractivity contribution in [3.8, 4) is 23.0 Å². The Balaban J connectivity index is 1.77. The molecule has 0 unspecified atom stereocenters. The summed E-state index contributed by atoms with van der Waals surface area (Å²) in [6, 6.07) is 4.71. The van der Waals surface area contributed by atoms with Gasteiger partial charge in [-0.05, 0) is 43.6 Å². The monoisotopic (exact) mass is 459 g/mol. The van der Waals surface area contributed by atoms with Crippen molar-refractivity contribution in [2.75, 3.05) is 40.5 Å². The number of nitrogens with zero attached hydrogens (tertiary/aromatic N) is 1. The molecule has 0 spiro atoms. The zero-order valence-electron chi connectivity index (χ0n) is 18.9. The van der Waals surface area contributed by atoms with Crippen molar-refractivity contribution >= 4 is 5.97 Å². The van der Waals surface area contributed by atoms with E-state index in [-0.39, 0.29) is 12.2 Å². The maximum absolute atomic E-state index is 12.6. The topological polar surface area (TPSA) is 108 Å².